The van der Waals surface area contributed by atoms with Crippen LogP contribution in [0.2, 0.25) is 0 Å². The number of rotatable bonds is 4. The number of halogens is 2. The van der Waals surface area contributed by atoms with Crippen LogP contribution in [0.5, 0.6) is 0 Å². The molecule has 112 valence electrons. The van der Waals surface area contributed by atoms with Crippen LogP contribution in [0.3, 0.4) is 0 Å². The molecule has 0 spiro atoms. The van der Waals surface area contributed by atoms with Gasteiger partial charge in [0.15, 0.2) is 0 Å². The fourth-order valence-electron chi connectivity index (χ4n) is 1.95. The second-order valence-electron chi connectivity index (χ2n) is 4.47. The maximum atomic E-state index is 13.7. The predicted molar refractivity (Wildman–Crippen MR) is 78.4 cm³/mol. The topological polar surface area (TPSA) is 37.4 Å². The van der Waals surface area contributed by atoms with Crippen molar-refractivity contribution < 1.29 is 18.4 Å². The molecule has 0 radical (unpaired) electrons. The fraction of sp³-hybridized carbons (Fsp3) is 0.0588. The minimum atomic E-state index is -0.841. The van der Waals surface area contributed by atoms with Crippen LogP contribution in [0.4, 0.5) is 8.78 Å². The highest BCUT2D eigenvalue weighted by molar-refractivity contribution is 6.10. The monoisotopic (exact) mass is 301 g/mol. The van der Waals surface area contributed by atoms with Gasteiger partial charge in [0.1, 0.15) is 11.6 Å². The third-order valence-electron chi connectivity index (χ3n) is 3.01. The molecular weight excluding hydrogens is 288 g/mol. The van der Waals surface area contributed by atoms with E-state index in [4.69, 9.17) is 0 Å². The van der Waals surface area contributed by atoms with Crippen molar-refractivity contribution >= 4 is 11.8 Å². The summed E-state index contributed by atoms with van der Waals surface area (Å²) >= 11 is 0. The second kappa shape index (κ2) is 6.76. The van der Waals surface area contributed by atoms with Gasteiger partial charge in [-0.1, -0.05) is 30.3 Å². The lowest BCUT2D eigenvalue weighted by Crippen LogP contribution is -2.38. The van der Waals surface area contributed by atoms with Gasteiger partial charge in [0.2, 0.25) is 0 Å². The van der Waals surface area contributed by atoms with Crippen LogP contribution < -0.4 is 0 Å². The van der Waals surface area contributed by atoms with Crippen LogP contribution in [0.15, 0.2) is 61.2 Å². The smallest absolute Gasteiger partial charge is 0.264 e. The normalized spacial score (nSPS) is 10.1. The van der Waals surface area contributed by atoms with E-state index in [1.807, 2.05) is 0 Å². The first-order chi connectivity index (χ1) is 10.6. The molecule has 3 nitrogen and oxygen atoms in total. The molecule has 0 fully saturated rings. The number of imide groups is 1. The van der Waals surface area contributed by atoms with Gasteiger partial charge in [-0.2, -0.15) is 0 Å². The number of hydrogen-bond donors (Lipinski definition) is 0. The maximum Gasteiger partial charge on any atom is 0.264 e. The highest BCUT2D eigenvalue weighted by Gasteiger charge is 2.26. The number of carbonyl (C=O) groups is 2. The SMILES string of the molecule is C=CCN(C(=O)c1ccccc1F)C(=O)c1ccccc1F. The van der Waals surface area contributed by atoms with Crippen molar-refractivity contribution in [2.75, 3.05) is 6.54 Å². The Labute approximate surface area is 126 Å². The van der Waals surface area contributed by atoms with E-state index in [9.17, 15) is 18.4 Å². The Morgan fingerprint density at radius 3 is 1.68 bits per heavy atom. The van der Waals surface area contributed by atoms with E-state index >= 15 is 0 Å². The molecular formula is C17H13F2NO2. The first kappa shape index (κ1) is 15.6. The lowest BCUT2D eigenvalue weighted by atomic mass is 10.1. The average molecular weight is 301 g/mol. The van der Waals surface area contributed by atoms with Crippen molar-refractivity contribution in [3.05, 3.63) is 83.9 Å². The van der Waals surface area contributed by atoms with Gasteiger partial charge in [0.25, 0.3) is 11.8 Å². The zero-order valence-corrected chi connectivity index (χ0v) is 11.6. The summed E-state index contributed by atoms with van der Waals surface area (Å²) in [5.74, 6) is -3.18. The van der Waals surface area contributed by atoms with Crippen molar-refractivity contribution in [2.24, 2.45) is 0 Å². The molecule has 2 aromatic rings. The fourth-order valence-corrected chi connectivity index (χ4v) is 1.95. The lowest BCUT2D eigenvalue weighted by molar-refractivity contribution is 0.0629. The van der Waals surface area contributed by atoms with E-state index in [1.165, 1.54) is 42.5 Å². The molecule has 0 aromatic heterocycles. The average Bonchev–Trinajstić information content (AvgIpc) is 2.52. The Morgan fingerprint density at radius 1 is 0.909 bits per heavy atom. The Hall–Kier alpha value is -2.82. The molecule has 0 saturated heterocycles. The van der Waals surface area contributed by atoms with Crippen molar-refractivity contribution in [3.8, 4) is 0 Å². The number of benzene rings is 2. The zero-order chi connectivity index (χ0) is 16.1. The molecule has 0 aliphatic heterocycles. The molecule has 0 N–H and O–H groups in total. The van der Waals surface area contributed by atoms with E-state index in [-0.39, 0.29) is 17.7 Å². The quantitative estimate of drug-likeness (QED) is 0.641. The first-order valence-electron chi connectivity index (χ1n) is 6.52. The van der Waals surface area contributed by atoms with Crippen LogP contribution >= 0.6 is 0 Å². The van der Waals surface area contributed by atoms with Crippen LogP contribution in [-0.2, 0) is 0 Å². The lowest BCUT2D eigenvalue weighted by Gasteiger charge is -2.20. The zero-order valence-electron chi connectivity index (χ0n) is 11.6. The van der Waals surface area contributed by atoms with Crippen LogP contribution in [0.1, 0.15) is 20.7 Å². The molecule has 2 amide bonds. The van der Waals surface area contributed by atoms with Crippen molar-refractivity contribution in [1.29, 1.82) is 0 Å². The molecule has 2 rings (SSSR count). The van der Waals surface area contributed by atoms with Crippen LogP contribution in [-0.4, -0.2) is 23.3 Å². The highest BCUT2D eigenvalue weighted by Crippen LogP contribution is 2.15. The van der Waals surface area contributed by atoms with Gasteiger partial charge in [0, 0.05) is 6.54 Å². The highest BCUT2D eigenvalue weighted by atomic mass is 19.1. The van der Waals surface area contributed by atoms with E-state index < -0.39 is 23.4 Å². The van der Waals surface area contributed by atoms with Gasteiger partial charge >= 0.3 is 0 Å². The Morgan fingerprint density at radius 2 is 1.32 bits per heavy atom. The third-order valence-corrected chi connectivity index (χ3v) is 3.01. The van der Waals surface area contributed by atoms with Crippen molar-refractivity contribution in [2.45, 2.75) is 0 Å². The number of hydrogen-bond acceptors (Lipinski definition) is 2. The summed E-state index contributed by atoms with van der Waals surface area (Å²) in [6, 6.07) is 10.6. The summed E-state index contributed by atoms with van der Waals surface area (Å²) in [5.41, 5.74) is -0.511. The van der Waals surface area contributed by atoms with E-state index in [2.05, 4.69) is 6.58 Å². The van der Waals surface area contributed by atoms with Crippen LogP contribution in [0.25, 0.3) is 0 Å². The number of carbonyl (C=O) groups excluding carboxylic acids is 2. The minimum absolute atomic E-state index is 0.152. The van der Waals surface area contributed by atoms with Gasteiger partial charge < -0.3 is 0 Å². The van der Waals surface area contributed by atoms with E-state index in [0.717, 1.165) is 17.0 Å². The molecule has 0 saturated carbocycles. The van der Waals surface area contributed by atoms with E-state index in [0.29, 0.717) is 0 Å². The Kier molecular flexibility index (Phi) is 4.78. The third kappa shape index (κ3) is 3.09. The Bertz CT molecular complexity index is 671. The summed E-state index contributed by atoms with van der Waals surface area (Å²) in [7, 11) is 0. The standard InChI is InChI=1S/C17H13F2NO2/c1-2-11-20(16(21)12-7-3-5-9-14(12)18)17(22)13-8-4-6-10-15(13)19/h2-10H,1,11H2. The van der Waals surface area contributed by atoms with Gasteiger partial charge in [-0.15, -0.1) is 6.58 Å². The number of amides is 2. The van der Waals surface area contributed by atoms with Crippen LogP contribution in [0, 0.1) is 11.6 Å². The molecule has 2 aromatic carbocycles. The van der Waals surface area contributed by atoms with Gasteiger partial charge in [-0.25, -0.2) is 8.78 Å². The van der Waals surface area contributed by atoms with Crippen molar-refractivity contribution in [1.82, 2.24) is 4.90 Å². The summed E-state index contributed by atoms with van der Waals surface area (Å²) in [4.78, 5) is 25.5. The van der Waals surface area contributed by atoms with Crippen molar-refractivity contribution in [3.63, 3.8) is 0 Å². The summed E-state index contributed by atoms with van der Waals surface area (Å²) in [6.07, 6.45) is 1.32. The largest absolute Gasteiger partial charge is 0.270 e. The molecule has 0 aliphatic carbocycles. The summed E-state index contributed by atoms with van der Waals surface area (Å²) < 4.78 is 27.5. The molecule has 0 heterocycles. The van der Waals surface area contributed by atoms with Gasteiger partial charge in [-0.3, -0.25) is 14.5 Å². The second-order valence-corrected chi connectivity index (χ2v) is 4.47. The van der Waals surface area contributed by atoms with Gasteiger partial charge in [0.05, 0.1) is 11.1 Å². The molecule has 0 aliphatic rings. The molecule has 22 heavy (non-hydrogen) atoms. The molecule has 5 heteroatoms. The number of nitrogens with zero attached hydrogens (tertiary/aromatic N) is 1. The first-order valence-corrected chi connectivity index (χ1v) is 6.52. The Balaban J connectivity index is 2.40. The maximum absolute atomic E-state index is 13.7. The summed E-state index contributed by atoms with van der Waals surface area (Å²) in [6.45, 7) is 3.31. The summed E-state index contributed by atoms with van der Waals surface area (Å²) in [5, 5.41) is 0. The minimum Gasteiger partial charge on any atom is -0.270 e. The molecule has 0 bridgehead atoms. The molecule has 0 unspecified atom stereocenters. The predicted octanol–water partition coefficient (Wildman–Crippen LogP) is 3.43. The van der Waals surface area contributed by atoms with E-state index in [1.54, 1.807) is 0 Å². The van der Waals surface area contributed by atoms with Gasteiger partial charge in [-0.05, 0) is 24.3 Å². The molecule has 0 atom stereocenters.